The maximum Gasteiger partial charge on any atom is 0.208 e. The Labute approximate surface area is 118 Å². The van der Waals surface area contributed by atoms with E-state index >= 15 is 0 Å². The summed E-state index contributed by atoms with van der Waals surface area (Å²) >= 11 is 5.74. The summed E-state index contributed by atoms with van der Waals surface area (Å²) in [6, 6.07) is 4.60. The predicted octanol–water partition coefficient (Wildman–Crippen LogP) is 2.02. The van der Waals surface area contributed by atoms with Gasteiger partial charge in [0, 0.05) is 19.1 Å². The molecular weight excluding hydrogens is 291 g/mol. The fraction of sp³-hybridized carbons (Fsp3) is 0.500. The van der Waals surface area contributed by atoms with Crippen molar-refractivity contribution in [2.45, 2.75) is 13.0 Å². The molecule has 0 saturated heterocycles. The fourth-order valence-electron chi connectivity index (χ4n) is 1.63. The number of rotatable bonds is 6. The first kappa shape index (κ1) is 16.4. The van der Waals surface area contributed by atoms with Crippen molar-refractivity contribution in [2.75, 3.05) is 26.4 Å². The second-order valence-corrected chi connectivity index (χ2v) is 6.74. The Morgan fingerprint density at radius 1 is 1.47 bits per heavy atom. The molecule has 108 valence electrons. The standard InChI is InChI=1S/C12H18ClFN2O2S/c1-9(10-4-5-12(14)11(13)8-10)16(2)7-6-15-19(3,17)18/h4-5,8-9,15H,6-7H2,1-3H3. The van der Waals surface area contributed by atoms with Gasteiger partial charge in [-0.1, -0.05) is 17.7 Å². The first-order valence-corrected chi connectivity index (χ1v) is 8.07. The quantitative estimate of drug-likeness (QED) is 0.875. The van der Waals surface area contributed by atoms with Crippen molar-refractivity contribution in [1.29, 1.82) is 0 Å². The lowest BCUT2D eigenvalue weighted by Gasteiger charge is -2.25. The zero-order valence-electron chi connectivity index (χ0n) is 11.2. The summed E-state index contributed by atoms with van der Waals surface area (Å²) in [7, 11) is -1.30. The van der Waals surface area contributed by atoms with Crippen LogP contribution in [0.3, 0.4) is 0 Å². The Kier molecular flexibility index (Phi) is 5.73. The molecular formula is C12H18ClFN2O2S. The van der Waals surface area contributed by atoms with Crippen LogP contribution in [-0.4, -0.2) is 39.7 Å². The summed E-state index contributed by atoms with van der Waals surface area (Å²) < 4.78 is 37.4. The smallest absolute Gasteiger partial charge is 0.208 e. The minimum Gasteiger partial charge on any atom is -0.298 e. The van der Waals surface area contributed by atoms with Crippen LogP contribution in [0.15, 0.2) is 18.2 Å². The number of sulfonamides is 1. The second kappa shape index (κ2) is 6.65. The van der Waals surface area contributed by atoms with Crippen LogP contribution in [0.25, 0.3) is 0 Å². The van der Waals surface area contributed by atoms with Gasteiger partial charge in [-0.3, -0.25) is 4.90 Å². The lowest BCUT2D eigenvalue weighted by molar-refractivity contribution is 0.266. The molecule has 19 heavy (non-hydrogen) atoms. The summed E-state index contributed by atoms with van der Waals surface area (Å²) in [6.07, 6.45) is 1.12. The van der Waals surface area contributed by atoms with Crippen LogP contribution in [0.1, 0.15) is 18.5 Å². The summed E-state index contributed by atoms with van der Waals surface area (Å²) in [6.45, 7) is 2.82. The van der Waals surface area contributed by atoms with Crippen molar-refractivity contribution in [2.24, 2.45) is 0 Å². The van der Waals surface area contributed by atoms with Gasteiger partial charge < -0.3 is 0 Å². The van der Waals surface area contributed by atoms with E-state index in [9.17, 15) is 12.8 Å². The molecule has 0 aliphatic heterocycles. The van der Waals surface area contributed by atoms with E-state index in [1.165, 1.54) is 6.07 Å². The van der Waals surface area contributed by atoms with E-state index in [0.29, 0.717) is 13.1 Å². The van der Waals surface area contributed by atoms with E-state index in [-0.39, 0.29) is 11.1 Å². The van der Waals surface area contributed by atoms with Gasteiger partial charge in [0.05, 0.1) is 11.3 Å². The van der Waals surface area contributed by atoms with Crippen LogP contribution in [-0.2, 0) is 10.0 Å². The maximum atomic E-state index is 13.1. The Bertz CT molecular complexity index is 537. The van der Waals surface area contributed by atoms with Crippen LogP contribution < -0.4 is 4.72 Å². The van der Waals surface area contributed by atoms with Crippen molar-refractivity contribution in [3.8, 4) is 0 Å². The molecule has 0 spiro atoms. The third-order valence-electron chi connectivity index (χ3n) is 2.92. The van der Waals surface area contributed by atoms with Gasteiger partial charge in [-0.25, -0.2) is 17.5 Å². The SMILES string of the molecule is CC(c1ccc(F)c(Cl)c1)N(C)CCNS(C)(=O)=O. The highest BCUT2D eigenvalue weighted by molar-refractivity contribution is 7.88. The van der Waals surface area contributed by atoms with Gasteiger partial charge in [-0.15, -0.1) is 0 Å². The number of halogens is 2. The summed E-state index contributed by atoms with van der Waals surface area (Å²) in [5.74, 6) is -0.445. The van der Waals surface area contributed by atoms with E-state index in [2.05, 4.69) is 4.72 Å². The maximum absolute atomic E-state index is 13.1. The van der Waals surface area contributed by atoms with Gasteiger partial charge in [0.15, 0.2) is 0 Å². The second-order valence-electron chi connectivity index (χ2n) is 4.50. The van der Waals surface area contributed by atoms with E-state index in [4.69, 9.17) is 11.6 Å². The van der Waals surface area contributed by atoms with Crippen LogP contribution >= 0.6 is 11.6 Å². The number of likely N-dealkylation sites (N-methyl/N-ethyl adjacent to an activating group) is 1. The lowest BCUT2D eigenvalue weighted by Crippen LogP contribution is -2.33. The van der Waals surface area contributed by atoms with Crippen molar-refractivity contribution >= 4 is 21.6 Å². The Balaban J connectivity index is 2.61. The third kappa shape index (κ3) is 5.44. The van der Waals surface area contributed by atoms with Crippen molar-refractivity contribution in [1.82, 2.24) is 9.62 Å². The molecule has 7 heteroatoms. The van der Waals surface area contributed by atoms with Gasteiger partial charge in [0.2, 0.25) is 10.0 Å². The van der Waals surface area contributed by atoms with Crippen molar-refractivity contribution in [3.05, 3.63) is 34.6 Å². The molecule has 0 aliphatic carbocycles. The van der Waals surface area contributed by atoms with Crippen LogP contribution in [0.2, 0.25) is 5.02 Å². The van der Waals surface area contributed by atoms with Gasteiger partial charge in [-0.05, 0) is 31.7 Å². The predicted molar refractivity (Wildman–Crippen MR) is 75.3 cm³/mol. The molecule has 1 atom stereocenters. The largest absolute Gasteiger partial charge is 0.298 e. The Hall–Kier alpha value is -0.690. The van der Waals surface area contributed by atoms with Crippen LogP contribution in [0.5, 0.6) is 0 Å². The van der Waals surface area contributed by atoms with Gasteiger partial charge >= 0.3 is 0 Å². The fourth-order valence-corrected chi connectivity index (χ4v) is 2.28. The van der Waals surface area contributed by atoms with E-state index < -0.39 is 15.8 Å². The van der Waals surface area contributed by atoms with E-state index in [1.54, 1.807) is 12.1 Å². The first-order chi connectivity index (χ1) is 8.70. The van der Waals surface area contributed by atoms with Crippen LogP contribution in [0, 0.1) is 5.82 Å². The minimum atomic E-state index is -3.17. The molecule has 1 rings (SSSR count). The molecule has 4 nitrogen and oxygen atoms in total. The number of benzene rings is 1. The molecule has 0 aliphatic rings. The van der Waals surface area contributed by atoms with E-state index in [1.807, 2.05) is 18.9 Å². The highest BCUT2D eigenvalue weighted by Crippen LogP contribution is 2.23. The molecule has 1 unspecified atom stereocenters. The van der Waals surface area contributed by atoms with Gasteiger partial charge in [-0.2, -0.15) is 0 Å². The van der Waals surface area contributed by atoms with Gasteiger partial charge in [0.1, 0.15) is 5.82 Å². The highest BCUT2D eigenvalue weighted by Gasteiger charge is 2.13. The first-order valence-electron chi connectivity index (χ1n) is 5.80. The topological polar surface area (TPSA) is 49.4 Å². The van der Waals surface area contributed by atoms with Crippen molar-refractivity contribution < 1.29 is 12.8 Å². The average molecular weight is 309 g/mol. The molecule has 1 aromatic carbocycles. The lowest BCUT2D eigenvalue weighted by atomic mass is 10.1. The Morgan fingerprint density at radius 3 is 2.63 bits per heavy atom. The molecule has 0 radical (unpaired) electrons. The average Bonchev–Trinajstić information content (AvgIpc) is 2.30. The van der Waals surface area contributed by atoms with Crippen LogP contribution in [0.4, 0.5) is 4.39 Å². The third-order valence-corrected chi connectivity index (χ3v) is 3.93. The number of nitrogens with zero attached hydrogens (tertiary/aromatic N) is 1. The molecule has 0 bridgehead atoms. The normalized spacial score (nSPS) is 13.8. The Morgan fingerprint density at radius 2 is 2.11 bits per heavy atom. The monoisotopic (exact) mass is 308 g/mol. The number of hydrogen-bond acceptors (Lipinski definition) is 3. The molecule has 0 saturated carbocycles. The van der Waals surface area contributed by atoms with Gasteiger partial charge in [0.25, 0.3) is 0 Å². The summed E-state index contributed by atoms with van der Waals surface area (Å²) in [5, 5.41) is 0.0898. The molecule has 1 N–H and O–H groups in total. The molecule has 0 heterocycles. The summed E-state index contributed by atoms with van der Waals surface area (Å²) in [5.41, 5.74) is 0.883. The zero-order valence-corrected chi connectivity index (χ0v) is 12.7. The van der Waals surface area contributed by atoms with E-state index in [0.717, 1.165) is 11.8 Å². The minimum absolute atomic E-state index is 0.0134. The van der Waals surface area contributed by atoms with Crippen molar-refractivity contribution in [3.63, 3.8) is 0 Å². The number of nitrogens with one attached hydrogen (secondary N) is 1. The molecule has 0 fully saturated rings. The molecule has 1 aromatic rings. The summed E-state index contributed by atoms with van der Waals surface area (Å²) in [4.78, 5) is 1.96. The zero-order chi connectivity index (χ0) is 14.6. The molecule has 0 aromatic heterocycles. The molecule has 0 amide bonds. The number of hydrogen-bond donors (Lipinski definition) is 1. The highest BCUT2D eigenvalue weighted by atomic mass is 35.5.